The summed E-state index contributed by atoms with van der Waals surface area (Å²) in [5, 5.41) is 0. The number of amides is 1. The van der Waals surface area contributed by atoms with E-state index in [4.69, 9.17) is 14.2 Å². The van der Waals surface area contributed by atoms with Gasteiger partial charge in [0.25, 0.3) is 5.91 Å². The predicted octanol–water partition coefficient (Wildman–Crippen LogP) is 3.17. The van der Waals surface area contributed by atoms with Crippen LogP contribution in [0, 0.1) is 0 Å². The van der Waals surface area contributed by atoms with E-state index < -0.39 is 5.91 Å². The highest BCUT2D eigenvalue weighted by Crippen LogP contribution is 2.25. The molecular weight excluding hydrogens is 380 g/mol. The van der Waals surface area contributed by atoms with Gasteiger partial charge in [0.15, 0.2) is 4.80 Å². The molecule has 3 aromatic rings. The lowest BCUT2D eigenvalue weighted by molar-refractivity contribution is 0.0526. The molecule has 8 heteroatoms. The van der Waals surface area contributed by atoms with Crippen molar-refractivity contribution in [2.75, 3.05) is 20.8 Å². The second kappa shape index (κ2) is 8.26. The Bertz CT molecular complexity index is 1110. The van der Waals surface area contributed by atoms with Crippen LogP contribution in [0.25, 0.3) is 10.2 Å². The largest absolute Gasteiger partial charge is 0.497 e. The maximum absolute atomic E-state index is 12.8. The van der Waals surface area contributed by atoms with E-state index in [1.165, 1.54) is 25.6 Å². The van der Waals surface area contributed by atoms with Crippen molar-refractivity contribution in [1.29, 1.82) is 0 Å². The molecule has 0 atom stereocenters. The summed E-state index contributed by atoms with van der Waals surface area (Å²) in [4.78, 5) is 29.5. The highest BCUT2D eigenvalue weighted by molar-refractivity contribution is 7.16. The molecule has 0 aliphatic rings. The van der Waals surface area contributed by atoms with E-state index in [2.05, 4.69) is 4.99 Å². The number of ether oxygens (including phenoxy) is 3. The van der Waals surface area contributed by atoms with E-state index in [0.29, 0.717) is 34.0 Å². The molecule has 28 heavy (non-hydrogen) atoms. The number of fused-ring (bicyclic) bond motifs is 1. The van der Waals surface area contributed by atoms with Gasteiger partial charge in [0.05, 0.1) is 42.2 Å². The van der Waals surface area contributed by atoms with E-state index in [0.717, 1.165) is 10.2 Å². The van der Waals surface area contributed by atoms with Crippen LogP contribution in [0.3, 0.4) is 0 Å². The van der Waals surface area contributed by atoms with E-state index >= 15 is 0 Å². The fraction of sp³-hybridized carbons (Fsp3) is 0.250. The van der Waals surface area contributed by atoms with Crippen molar-refractivity contribution in [2.24, 2.45) is 12.0 Å². The van der Waals surface area contributed by atoms with Crippen molar-refractivity contribution >= 4 is 33.4 Å². The lowest BCUT2D eigenvalue weighted by atomic mass is 10.2. The summed E-state index contributed by atoms with van der Waals surface area (Å²) in [5.74, 6) is 0.140. The third kappa shape index (κ3) is 3.77. The van der Waals surface area contributed by atoms with E-state index in [1.807, 2.05) is 13.1 Å². The Morgan fingerprint density at radius 2 is 1.89 bits per heavy atom. The van der Waals surface area contributed by atoms with Crippen LogP contribution in [-0.2, 0) is 11.8 Å². The minimum absolute atomic E-state index is 0.312. The molecule has 0 saturated heterocycles. The Kier molecular flexibility index (Phi) is 5.79. The Balaban J connectivity index is 2.05. The number of benzene rings is 2. The van der Waals surface area contributed by atoms with Crippen LogP contribution in [0.5, 0.6) is 11.5 Å². The van der Waals surface area contributed by atoms with Crippen molar-refractivity contribution in [3.8, 4) is 11.5 Å². The van der Waals surface area contributed by atoms with Gasteiger partial charge in [-0.15, -0.1) is 0 Å². The number of carbonyl (C=O) groups is 2. The lowest BCUT2D eigenvalue weighted by Gasteiger charge is -2.07. The third-order valence-electron chi connectivity index (χ3n) is 4.15. The van der Waals surface area contributed by atoms with Gasteiger partial charge < -0.3 is 18.8 Å². The first-order chi connectivity index (χ1) is 13.5. The van der Waals surface area contributed by atoms with E-state index in [9.17, 15) is 9.59 Å². The summed E-state index contributed by atoms with van der Waals surface area (Å²) >= 11 is 1.32. The number of esters is 1. The molecule has 0 spiro atoms. The molecule has 146 valence electrons. The number of rotatable bonds is 5. The molecule has 1 heterocycles. The Hall–Kier alpha value is -3.13. The Labute approximate surface area is 165 Å². The van der Waals surface area contributed by atoms with Gasteiger partial charge >= 0.3 is 5.97 Å². The molecule has 0 N–H and O–H groups in total. The van der Waals surface area contributed by atoms with Crippen LogP contribution in [-0.4, -0.2) is 37.3 Å². The standard InChI is InChI=1S/C20H20N2O5S/c1-5-27-19(24)12-6-8-15-17(10-12)28-20(22(15)2)21-18(23)14-11-13(25-3)7-9-16(14)26-4/h6-11H,5H2,1-4H3. The fourth-order valence-corrected chi connectivity index (χ4v) is 3.77. The average Bonchev–Trinajstić information content (AvgIpc) is 3.02. The smallest absolute Gasteiger partial charge is 0.338 e. The van der Waals surface area contributed by atoms with E-state index in [-0.39, 0.29) is 5.97 Å². The zero-order valence-electron chi connectivity index (χ0n) is 16.0. The number of methoxy groups -OCH3 is 2. The molecule has 0 fully saturated rings. The maximum atomic E-state index is 12.8. The first-order valence-corrected chi connectivity index (χ1v) is 9.38. The molecule has 2 aromatic carbocycles. The van der Waals surface area contributed by atoms with Gasteiger partial charge in [-0.05, 0) is 43.3 Å². The maximum Gasteiger partial charge on any atom is 0.338 e. The molecule has 1 amide bonds. The number of nitrogens with zero attached hydrogens (tertiary/aromatic N) is 2. The second-order valence-electron chi connectivity index (χ2n) is 5.83. The number of aromatic nitrogens is 1. The number of aryl methyl sites for hydroxylation is 1. The second-order valence-corrected chi connectivity index (χ2v) is 6.84. The van der Waals surface area contributed by atoms with Gasteiger partial charge in [0.1, 0.15) is 11.5 Å². The molecule has 3 rings (SSSR count). The predicted molar refractivity (Wildman–Crippen MR) is 106 cm³/mol. The van der Waals surface area contributed by atoms with Crippen molar-refractivity contribution in [2.45, 2.75) is 6.92 Å². The van der Waals surface area contributed by atoms with Gasteiger partial charge in [0, 0.05) is 7.05 Å². The van der Waals surface area contributed by atoms with Gasteiger partial charge in [-0.1, -0.05) is 11.3 Å². The van der Waals surface area contributed by atoms with Crippen molar-refractivity contribution in [3.05, 3.63) is 52.3 Å². The fourth-order valence-electron chi connectivity index (χ4n) is 2.71. The normalized spacial score (nSPS) is 11.5. The number of thiazole rings is 1. The molecule has 0 bridgehead atoms. The number of hydrogen-bond acceptors (Lipinski definition) is 6. The molecule has 7 nitrogen and oxygen atoms in total. The highest BCUT2D eigenvalue weighted by Gasteiger charge is 2.15. The molecule has 0 radical (unpaired) electrons. The molecule has 0 saturated carbocycles. The summed E-state index contributed by atoms with van der Waals surface area (Å²) in [6, 6.07) is 10.2. The molecule has 0 unspecified atom stereocenters. The summed E-state index contributed by atoms with van der Waals surface area (Å²) in [6.07, 6.45) is 0. The molecular formula is C20H20N2O5S. The van der Waals surface area contributed by atoms with Crippen LogP contribution in [0.2, 0.25) is 0 Å². The molecule has 1 aromatic heterocycles. The molecule has 0 aliphatic carbocycles. The monoisotopic (exact) mass is 400 g/mol. The summed E-state index contributed by atoms with van der Waals surface area (Å²) < 4.78 is 18.1. The highest BCUT2D eigenvalue weighted by atomic mass is 32.1. The minimum atomic E-state index is -0.441. The van der Waals surface area contributed by atoms with Crippen LogP contribution >= 0.6 is 11.3 Å². The third-order valence-corrected chi connectivity index (χ3v) is 5.25. The van der Waals surface area contributed by atoms with Crippen LogP contribution in [0.15, 0.2) is 41.4 Å². The zero-order chi connectivity index (χ0) is 20.3. The van der Waals surface area contributed by atoms with Crippen molar-refractivity contribution in [1.82, 2.24) is 4.57 Å². The van der Waals surface area contributed by atoms with Crippen LogP contribution < -0.4 is 14.3 Å². The molecule has 0 aliphatic heterocycles. The topological polar surface area (TPSA) is 79.1 Å². The van der Waals surface area contributed by atoms with Crippen molar-refractivity contribution < 1.29 is 23.8 Å². The first kappa shape index (κ1) is 19.6. The van der Waals surface area contributed by atoms with E-state index in [1.54, 1.807) is 41.8 Å². The zero-order valence-corrected chi connectivity index (χ0v) is 16.8. The Morgan fingerprint density at radius 3 is 2.57 bits per heavy atom. The lowest BCUT2D eigenvalue weighted by Crippen LogP contribution is -2.13. The van der Waals surface area contributed by atoms with Gasteiger partial charge in [-0.2, -0.15) is 4.99 Å². The summed E-state index contributed by atoms with van der Waals surface area (Å²) in [5.41, 5.74) is 1.64. The minimum Gasteiger partial charge on any atom is -0.497 e. The van der Waals surface area contributed by atoms with Gasteiger partial charge in [-0.25, -0.2) is 4.79 Å². The average molecular weight is 400 g/mol. The van der Waals surface area contributed by atoms with Crippen molar-refractivity contribution in [3.63, 3.8) is 0 Å². The number of hydrogen-bond donors (Lipinski definition) is 0. The summed E-state index contributed by atoms with van der Waals surface area (Å²) in [7, 11) is 4.84. The van der Waals surface area contributed by atoms with Crippen LogP contribution in [0.1, 0.15) is 27.6 Å². The first-order valence-electron chi connectivity index (χ1n) is 8.56. The van der Waals surface area contributed by atoms with Crippen LogP contribution in [0.4, 0.5) is 0 Å². The van der Waals surface area contributed by atoms with Gasteiger partial charge in [0.2, 0.25) is 0 Å². The number of carbonyl (C=O) groups excluding carboxylic acids is 2. The summed E-state index contributed by atoms with van der Waals surface area (Å²) in [6.45, 7) is 2.07. The quantitative estimate of drug-likeness (QED) is 0.615. The van der Waals surface area contributed by atoms with Gasteiger partial charge in [-0.3, -0.25) is 4.79 Å². The SMILES string of the molecule is CCOC(=O)c1ccc2c(c1)sc(=NC(=O)c1cc(OC)ccc1OC)n2C. The Morgan fingerprint density at radius 1 is 1.11 bits per heavy atom.